The van der Waals surface area contributed by atoms with Gasteiger partial charge in [-0.15, -0.1) is 0 Å². The zero-order valence-corrected chi connectivity index (χ0v) is 23.3. The highest BCUT2D eigenvalue weighted by molar-refractivity contribution is 6.12. The molecular weight excluding hydrogens is 559 g/mol. The van der Waals surface area contributed by atoms with Gasteiger partial charge in [0.15, 0.2) is 5.54 Å². The van der Waals surface area contributed by atoms with Gasteiger partial charge in [-0.2, -0.15) is 5.26 Å². The smallest absolute Gasteiger partial charge is 0.252 e. The summed E-state index contributed by atoms with van der Waals surface area (Å²) >= 11 is 0. The Labute approximate surface area is 246 Å². The summed E-state index contributed by atoms with van der Waals surface area (Å²) in [5, 5.41) is 12.2. The lowest BCUT2D eigenvalue weighted by Gasteiger charge is -2.45. The highest BCUT2D eigenvalue weighted by Crippen LogP contribution is 2.47. The molecule has 11 heteroatoms. The second-order valence-corrected chi connectivity index (χ2v) is 11.4. The molecule has 0 radical (unpaired) electrons. The van der Waals surface area contributed by atoms with E-state index < -0.39 is 59.9 Å². The molecule has 0 unspecified atom stereocenters. The van der Waals surface area contributed by atoms with Crippen LogP contribution in [0, 0.1) is 24.1 Å². The first-order chi connectivity index (χ1) is 20.5. The van der Waals surface area contributed by atoms with Crippen LogP contribution in [0.2, 0.25) is 0 Å². The summed E-state index contributed by atoms with van der Waals surface area (Å²) in [7, 11) is 0. The first kappa shape index (κ1) is 28.4. The average molecular weight is 588 g/mol. The number of nitrogens with one attached hydrogen (secondary N) is 1. The molecule has 43 heavy (non-hydrogen) atoms. The zero-order valence-electron chi connectivity index (χ0n) is 23.3. The van der Waals surface area contributed by atoms with E-state index in [0.29, 0.717) is 12.0 Å². The Bertz CT molecular complexity index is 1680. The van der Waals surface area contributed by atoms with Crippen molar-refractivity contribution in [2.45, 2.75) is 69.0 Å². The molecule has 8 nitrogen and oxygen atoms in total. The molecule has 2 aromatic carbocycles. The van der Waals surface area contributed by atoms with E-state index >= 15 is 0 Å². The number of carbonyl (C=O) groups excluding carboxylic acids is 3. The van der Waals surface area contributed by atoms with Gasteiger partial charge in [0.2, 0.25) is 5.91 Å². The lowest BCUT2D eigenvalue weighted by atomic mass is 9.83. The van der Waals surface area contributed by atoms with E-state index in [4.69, 9.17) is 0 Å². The number of rotatable bonds is 6. The maximum absolute atomic E-state index is 14.8. The number of amides is 3. The van der Waals surface area contributed by atoms with Crippen molar-refractivity contribution in [1.82, 2.24) is 10.3 Å². The number of alkyl halides is 2. The topological polar surface area (TPSA) is 106 Å². The first-order valence-corrected chi connectivity index (χ1v) is 14.1. The summed E-state index contributed by atoms with van der Waals surface area (Å²) in [6, 6.07) is 13.6. The average Bonchev–Trinajstić information content (AvgIpc) is 3.54. The second-order valence-electron chi connectivity index (χ2n) is 11.4. The van der Waals surface area contributed by atoms with Gasteiger partial charge in [0.25, 0.3) is 17.7 Å². The quantitative estimate of drug-likeness (QED) is 0.451. The van der Waals surface area contributed by atoms with Gasteiger partial charge < -0.3 is 5.32 Å². The summed E-state index contributed by atoms with van der Waals surface area (Å²) in [4.78, 5) is 49.1. The van der Waals surface area contributed by atoms with Crippen LogP contribution in [-0.4, -0.2) is 40.7 Å². The van der Waals surface area contributed by atoms with Crippen molar-refractivity contribution in [1.29, 1.82) is 5.26 Å². The van der Waals surface area contributed by atoms with Crippen molar-refractivity contribution in [3.8, 4) is 6.07 Å². The monoisotopic (exact) mass is 587 g/mol. The normalized spacial score (nSPS) is 22.4. The van der Waals surface area contributed by atoms with Gasteiger partial charge in [0, 0.05) is 37.2 Å². The third kappa shape index (κ3) is 4.80. The molecule has 3 amide bonds. The molecule has 3 aromatic rings. The molecule has 1 N–H and O–H groups in total. The molecule has 6 rings (SSSR count). The summed E-state index contributed by atoms with van der Waals surface area (Å²) < 4.78 is 42.3. The van der Waals surface area contributed by atoms with Crippen molar-refractivity contribution in [3.05, 3.63) is 88.9 Å². The fraction of sp³-hybridized carbons (Fsp3) is 0.344. The largest absolute Gasteiger partial charge is 0.351 e. The Morgan fingerprint density at radius 3 is 2.60 bits per heavy atom. The Morgan fingerprint density at radius 1 is 1.12 bits per heavy atom. The number of fused-ring (bicyclic) bond motifs is 1. The second kappa shape index (κ2) is 10.5. The van der Waals surface area contributed by atoms with Crippen molar-refractivity contribution < 1.29 is 27.6 Å². The number of pyridine rings is 1. The van der Waals surface area contributed by atoms with Crippen LogP contribution in [0.1, 0.15) is 54.4 Å². The summed E-state index contributed by atoms with van der Waals surface area (Å²) in [6.07, 6.45) is 0.962. The van der Waals surface area contributed by atoms with Gasteiger partial charge in [-0.3, -0.25) is 24.2 Å². The molecule has 1 aliphatic heterocycles. The number of nitriles is 1. The maximum atomic E-state index is 14.8. The molecule has 1 aromatic heterocycles. The van der Waals surface area contributed by atoms with Crippen LogP contribution >= 0.6 is 0 Å². The molecule has 2 aliphatic carbocycles. The minimum atomic E-state index is -2.89. The SMILES string of the molecule is Cc1cccc2c1CC[C@]2(C(=O)NC1CC(F)(F)C1)N(C(=O)[C@@H]1CCC(=O)N1c1cc(C#N)ccn1)c1cccc(F)c1. The van der Waals surface area contributed by atoms with Crippen molar-refractivity contribution in [2.75, 3.05) is 9.80 Å². The molecule has 2 heterocycles. The molecule has 0 spiro atoms. The molecule has 2 fully saturated rings. The number of halogens is 3. The molecule has 0 bridgehead atoms. The van der Waals surface area contributed by atoms with E-state index in [1.54, 1.807) is 12.1 Å². The Balaban J connectivity index is 1.51. The van der Waals surface area contributed by atoms with Crippen molar-refractivity contribution in [2.24, 2.45) is 0 Å². The number of hydrogen-bond donors (Lipinski definition) is 1. The van der Waals surface area contributed by atoms with Crippen LogP contribution in [-0.2, 0) is 26.3 Å². The van der Waals surface area contributed by atoms with E-state index in [0.717, 1.165) is 17.2 Å². The third-order valence-corrected chi connectivity index (χ3v) is 8.68. The van der Waals surface area contributed by atoms with E-state index in [1.807, 2.05) is 19.1 Å². The number of aromatic nitrogens is 1. The lowest BCUT2D eigenvalue weighted by molar-refractivity contribution is -0.137. The van der Waals surface area contributed by atoms with Gasteiger partial charge >= 0.3 is 0 Å². The van der Waals surface area contributed by atoms with Crippen LogP contribution in [0.25, 0.3) is 0 Å². The fourth-order valence-electron chi connectivity index (χ4n) is 6.62. The first-order valence-electron chi connectivity index (χ1n) is 14.1. The van der Waals surface area contributed by atoms with Crippen LogP contribution in [0.4, 0.5) is 24.7 Å². The van der Waals surface area contributed by atoms with Crippen LogP contribution < -0.4 is 15.1 Å². The predicted octanol–water partition coefficient (Wildman–Crippen LogP) is 4.69. The van der Waals surface area contributed by atoms with E-state index in [9.17, 15) is 32.8 Å². The van der Waals surface area contributed by atoms with Crippen LogP contribution in [0.15, 0.2) is 60.8 Å². The van der Waals surface area contributed by atoms with E-state index in [-0.39, 0.29) is 36.3 Å². The molecule has 1 saturated carbocycles. The summed E-state index contributed by atoms with van der Waals surface area (Å²) in [5.41, 5.74) is 0.876. The van der Waals surface area contributed by atoms with Gasteiger partial charge in [0.05, 0.1) is 11.6 Å². The molecule has 220 valence electrons. The van der Waals surface area contributed by atoms with Crippen molar-refractivity contribution >= 4 is 29.2 Å². The van der Waals surface area contributed by atoms with Crippen molar-refractivity contribution in [3.63, 3.8) is 0 Å². The minimum absolute atomic E-state index is 0.0118. The summed E-state index contributed by atoms with van der Waals surface area (Å²) in [5.74, 6) is -5.10. The number of aryl methyl sites for hydroxylation is 1. The molecular formula is C32H28F3N5O3. The van der Waals surface area contributed by atoms with Gasteiger partial charge in [-0.05, 0) is 73.2 Å². The standard InChI is InChI=1S/C32H28F3N5O3/c1-19-4-2-7-25-24(19)10-12-32(25,30(43)38-22-16-31(34,35)17-22)40(23-6-3-5-21(33)15-23)29(42)26-8-9-28(41)39(26)27-14-20(18-36)11-13-37-27/h2-7,11,13-15,22,26H,8-10,12,16-17H2,1H3,(H,38,43)/t26-,32-/m0/s1. The van der Waals surface area contributed by atoms with E-state index in [2.05, 4.69) is 10.3 Å². The predicted molar refractivity (Wildman–Crippen MR) is 151 cm³/mol. The van der Waals surface area contributed by atoms with Crippen LogP contribution in [0.3, 0.4) is 0 Å². The highest BCUT2D eigenvalue weighted by atomic mass is 19.3. The Kier molecular flexibility index (Phi) is 6.95. The van der Waals surface area contributed by atoms with E-state index in [1.165, 1.54) is 46.3 Å². The Morgan fingerprint density at radius 2 is 1.88 bits per heavy atom. The lowest BCUT2D eigenvalue weighted by Crippen LogP contribution is -2.64. The van der Waals surface area contributed by atoms with Gasteiger partial charge in [-0.25, -0.2) is 18.2 Å². The third-order valence-electron chi connectivity index (χ3n) is 8.68. The molecule has 2 atom stereocenters. The fourth-order valence-corrected chi connectivity index (χ4v) is 6.62. The number of anilines is 2. The van der Waals surface area contributed by atoms with Gasteiger partial charge in [-0.1, -0.05) is 24.3 Å². The number of carbonyl (C=O) groups is 3. The van der Waals surface area contributed by atoms with Crippen LogP contribution in [0.5, 0.6) is 0 Å². The Hall–Kier alpha value is -4.72. The number of nitrogens with zero attached hydrogens (tertiary/aromatic N) is 4. The molecule has 3 aliphatic rings. The minimum Gasteiger partial charge on any atom is -0.351 e. The zero-order chi connectivity index (χ0) is 30.5. The van der Waals surface area contributed by atoms with Gasteiger partial charge in [0.1, 0.15) is 17.7 Å². The molecule has 1 saturated heterocycles. The maximum Gasteiger partial charge on any atom is 0.252 e. The number of hydrogen-bond acceptors (Lipinski definition) is 5. The summed E-state index contributed by atoms with van der Waals surface area (Å²) in [6.45, 7) is 1.89. The number of benzene rings is 2. The highest BCUT2D eigenvalue weighted by Gasteiger charge is 2.57.